The number of hydrogen-bond donors (Lipinski definition) is 3. The molecule has 0 unspecified atom stereocenters. The van der Waals surface area contributed by atoms with Crippen LogP contribution in [0.4, 0.5) is 17.2 Å². The van der Waals surface area contributed by atoms with E-state index in [4.69, 9.17) is 8.85 Å². The normalized spacial score (nSPS) is 14.7. The van der Waals surface area contributed by atoms with Crippen LogP contribution in [0.5, 0.6) is 5.75 Å². The number of amides is 2. The van der Waals surface area contributed by atoms with Gasteiger partial charge < -0.3 is 20.7 Å². The molecule has 0 aliphatic heterocycles. The van der Waals surface area contributed by atoms with Crippen LogP contribution >= 0.6 is 0 Å². The van der Waals surface area contributed by atoms with Gasteiger partial charge in [0.25, 0.3) is 5.91 Å². The van der Waals surface area contributed by atoms with E-state index in [0.29, 0.717) is 28.6 Å². The SMILES string of the molecule is [2H]C([2H])([2H])NC(=O)c1nnc(NC(=O)C2CC2)cc1Nc1cccc(-c2nc(C)n(C)n2)c1OC. The molecule has 0 bridgehead atoms. The third kappa shape index (κ3) is 4.22. The molecular weight excluding hydrogens is 412 g/mol. The van der Waals surface area contributed by atoms with E-state index in [2.05, 4.69) is 30.9 Å². The molecule has 32 heavy (non-hydrogen) atoms. The fraction of sp³-hybridized carbons (Fsp3) is 0.333. The van der Waals surface area contributed by atoms with Crippen LogP contribution in [-0.2, 0) is 11.8 Å². The molecule has 1 fully saturated rings. The summed E-state index contributed by atoms with van der Waals surface area (Å²) in [6, 6.07) is 6.65. The Hall–Kier alpha value is -4.02. The first-order chi connectivity index (χ1) is 16.6. The topological polar surface area (TPSA) is 136 Å². The number of ether oxygens (including phenoxy) is 1. The van der Waals surface area contributed by atoms with E-state index in [1.807, 2.05) is 12.2 Å². The predicted molar refractivity (Wildman–Crippen MR) is 118 cm³/mol. The van der Waals surface area contributed by atoms with Crippen molar-refractivity contribution < 1.29 is 18.4 Å². The number of carbonyl (C=O) groups excluding carboxylic acids is 2. The second-order valence-electron chi connectivity index (χ2n) is 7.33. The molecule has 0 atom stereocenters. The van der Waals surface area contributed by atoms with Gasteiger partial charge in [-0.15, -0.1) is 10.2 Å². The van der Waals surface area contributed by atoms with Gasteiger partial charge in [-0.3, -0.25) is 14.3 Å². The van der Waals surface area contributed by atoms with Crippen molar-refractivity contribution in [3.05, 3.63) is 35.8 Å². The molecule has 0 radical (unpaired) electrons. The second-order valence-corrected chi connectivity index (χ2v) is 7.33. The lowest BCUT2D eigenvalue weighted by Crippen LogP contribution is -2.22. The Balaban J connectivity index is 1.73. The van der Waals surface area contributed by atoms with Crippen molar-refractivity contribution in [3.63, 3.8) is 0 Å². The Morgan fingerprint density at radius 3 is 2.72 bits per heavy atom. The first kappa shape index (κ1) is 17.6. The van der Waals surface area contributed by atoms with Gasteiger partial charge in [0.05, 0.1) is 24.0 Å². The van der Waals surface area contributed by atoms with Crippen molar-refractivity contribution in [3.8, 4) is 17.1 Å². The highest BCUT2D eigenvalue weighted by Gasteiger charge is 2.30. The minimum absolute atomic E-state index is 0.0714. The predicted octanol–water partition coefficient (Wildman–Crippen LogP) is 2.04. The summed E-state index contributed by atoms with van der Waals surface area (Å²) >= 11 is 0. The van der Waals surface area contributed by atoms with Crippen molar-refractivity contribution in [1.82, 2.24) is 30.3 Å². The van der Waals surface area contributed by atoms with Gasteiger partial charge in [0.1, 0.15) is 5.82 Å². The van der Waals surface area contributed by atoms with Crippen LogP contribution < -0.4 is 20.7 Å². The summed E-state index contributed by atoms with van der Waals surface area (Å²) in [6.07, 6.45) is 1.60. The number of benzene rings is 1. The van der Waals surface area contributed by atoms with Gasteiger partial charge in [0, 0.05) is 30.1 Å². The van der Waals surface area contributed by atoms with Crippen LogP contribution in [-0.4, -0.2) is 50.9 Å². The molecule has 2 heterocycles. The number of aryl methyl sites for hydroxylation is 2. The Morgan fingerprint density at radius 2 is 2.06 bits per heavy atom. The molecule has 1 aliphatic carbocycles. The summed E-state index contributed by atoms with van der Waals surface area (Å²) in [4.78, 5) is 29.3. The number of rotatable bonds is 7. The second kappa shape index (κ2) is 8.61. The number of anilines is 3. The maximum atomic E-state index is 12.7. The van der Waals surface area contributed by atoms with Gasteiger partial charge in [0.2, 0.25) is 5.91 Å². The zero-order chi connectivity index (χ0) is 25.3. The lowest BCUT2D eigenvalue weighted by molar-refractivity contribution is -0.117. The van der Waals surface area contributed by atoms with Crippen LogP contribution in [0.3, 0.4) is 0 Å². The molecule has 2 aromatic heterocycles. The number of nitrogens with zero attached hydrogens (tertiary/aromatic N) is 5. The molecule has 1 saturated carbocycles. The standard InChI is InChI=1S/C21H24N8O3/c1-11-23-19(28-29(11)3)13-6-5-7-14(18(13)32-4)24-15-10-16(25-20(30)12-8-9-12)26-27-17(15)21(31)22-2/h5-7,10,12H,8-9H2,1-4H3,(H,22,31)(H2,24,25,26,30)/i2D3. The van der Waals surface area contributed by atoms with Crippen LogP contribution in [0.2, 0.25) is 0 Å². The molecule has 11 heteroatoms. The molecule has 2 amide bonds. The number of nitrogens with one attached hydrogen (secondary N) is 3. The minimum Gasteiger partial charge on any atom is -0.494 e. The largest absolute Gasteiger partial charge is 0.494 e. The molecule has 4 rings (SSSR count). The molecule has 3 aromatic rings. The van der Waals surface area contributed by atoms with Gasteiger partial charge in [-0.05, 0) is 31.9 Å². The number of carbonyl (C=O) groups is 2. The fourth-order valence-electron chi connectivity index (χ4n) is 3.10. The Bertz CT molecular complexity index is 1270. The van der Waals surface area contributed by atoms with Crippen molar-refractivity contribution in [1.29, 1.82) is 0 Å². The molecule has 3 N–H and O–H groups in total. The highest BCUT2D eigenvalue weighted by molar-refractivity contribution is 6.00. The van der Waals surface area contributed by atoms with Crippen molar-refractivity contribution in [2.45, 2.75) is 19.8 Å². The van der Waals surface area contributed by atoms with Crippen molar-refractivity contribution in [2.24, 2.45) is 13.0 Å². The van der Waals surface area contributed by atoms with E-state index in [1.54, 1.807) is 29.9 Å². The zero-order valence-corrected chi connectivity index (χ0v) is 17.8. The molecular formula is C21H24N8O3. The third-order valence-electron chi connectivity index (χ3n) is 5.03. The Kier molecular flexibility index (Phi) is 4.75. The summed E-state index contributed by atoms with van der Waals surface area (Å²) in [6.45, 7) is -0.907. The number of hydrogen-bond acceptors (Lipinski definition) is 8. The first-order valence-electron chi connectivity index (χ1n) is 11.4. The summed E-state index contributed by atoms with van der Waals surface area (Å²) < 4.78 is 29.3. The quantitative estimate of drug-likeness (QED) is 0.509. The smallest absolute Gasteiger partial charge is 0.273 e. The fourth-order valence-corrected chi connectivity index (χ4v) is 3.10. The number of para-hydroxylation sites is 1. The number of aromatic nitrogens is 5. The highest BCUT2D eigenvalue weighted by Crippen LogP contribution is 2.37. The van der Waals surface area contributed by atoms with Crippen LogP contribution in [0.1, 0.15) is 33.3 Å². The van der Waals surface area contributed by atoms with Crippen LogP contribution in [0, 0.1) is 12.8 Å². The molecule has 1 aromatic carbocycles. The van der Waals surface area contributed by atoms with E-state index in [-0.39, 0.29) is 29.0 Å². The Morgan fingerprint density at radius 1 is 1.25 bits per heavy atom. The van der Waals surface area contributed by atoms with Crippen LogP contribution in [0.25, 0.3) is 11.4 Å². The monoisotopic (exact) mass is 439 g/mol. The van der Waals surface area contributed by atoms with Crippen molar-refractivity contribution >= 4 is 29.0 Å². The van der Waals surface area contributed by atoms with Gasteiger partial charge in [0.15, 0.2) is 23.1 Å². The van der Waals surface area contributed by atoms with Gasteiger partial charge in [-0.1, -0.05) is 6.07 Å². The minimum atomic E-state index is -2.73. The zero-order valence-electron chi connectivity index (χ0n) is 20.8. The lowest BCUT2D eigenvalue weighted by Gasteiger charge is -2.16. The van der Waals surface area contributed by atoms with E-state index >= 15 is 0 Å². The maximum Gasteiger partial charge on any atom is 0.273 e. The third-order valence-corrected chi connectivity index (χ3v) is 5.03. The van der Waals surface area contributed by atoms with Crippen LogP contribution in [0.15, 0.2) is 24.3 Å². The average Bonchev–Trinajstić information content (AvgIpc) is 3.58. The molecule has 0 saturated heterocycles. The van der Waals surface area contributed by atoms with E-state index in [1.165, 1.54) is 13.2 Å². The maximum absolute atomic E-state index is 12.7. The first-order valence-corrected chi connectivity index (χ1v) is 9.89. The van der Waals surface area contributed by atoms with E-state index in [9.17, 15) is 9.59 Å². The van der Waals surface area contributed by atoms with Gasteiger partial charge in [-0.2, -0.15) is 5.10 Å². The Labute approximate surface area is 188 Å². The molecule has 11 nitrogen and oxygen atoms in total. The van der Waals surface area contributed by atoms with Gasteiger partial charge in [-0.25, -0.2) is 4.98 Å². The summed E-state index contributed by atoms with van der Waals surface area (Å²) in [5.41, 5.74) is 0.878. The van der Waals surface area contributed by atoms with E-state index < -0.39 is 12.9 Å². The lowest BCUT2D eigenvalue weighted by atomic mass is 10.1. The summed E-state index contributed by atoms with van der Waals surface area (Å²) in [5.74, 6) is 0.429. The average molecular weight is 439 g/mol. The molecule has 166 valence electrons. The van der Waals surface area contributed by atoms with Gasteiger partial charge >= 0.3 is 0 Å². The van der Waals surface area contributed by atoms with E-state index in [0.717, 1.165) is 12.8 Å². The van der Waals surface area contributed by atoms with Crippen molar-refractivity contribution in [2.75, 3.05) is 24.7 Å². The highest BCUT2D eigenvalue weighted by atomic mass is 16.5. The summed E-state index contributed by atoms with van der Waals surface area (Å²) in [5, 5.41) is 19.8. The number of methoxy groups -OCH3 is 1. The molecule has 0 spiro atoms. The molecule has 1 aliphatic rings. The summed E-state index contributed by atoms with van der Waals surface area (Å²) in [7, 11) is 3.25.